The van der Waals surface area contributed by atoms with Gasteiger partial charge in [-0.25, -0.2) is 4.98 Å². The Morgan fingerprint density at radius 1 is 1.53 bits per heavy atom. The van der Waals surface area contributed by atoms with Gasteiger partial charge in [-0.1, -0.05) is 32.4 Å². The van der Waals surface area contributed by atoms with E-state index in [0.29, 0.717) is 24.5 Å². The van der Waals surface area contributed by atoms with Gasteiger partial charge in [-0.2, -0.15) is 0 Å². The van der Waals surface area contributed by atoms with E-state index in [1.807, 2.05) is 0 Å². The standard InChI is InChI=1S/C12H17ClN2O2/c1-12(2,3)11-14-9(13)8-6-7(10(16)17)4-5-15(8)11/h7H,4-6H2,1-3H3,(H,16,17). The monoisotopic (exact) mass is 256 g/mol. The lowest BCUT2D eigenvalue weighted by Gasteiger charge is -2.26. The van der Waals surface area contributed by atoms with Gasteiger partial charge < -0.3 is 9.67 Å². The highest BCUT2D eigenvalue weighted by molar-refractivity contribution is 6.30. The molecule has 0 saturated heterocycles. The zero-order valence-corrected chi connectivity index (χ0v) is 11.1. The van der Waals surface area contributed by atoms with Crippen LogP contribution in [0.4, 0.5) is 0 Å². The van der Waals surface area contributed by atoms with Crippen LogP contribution in [0.5, 0.6) is 0 Å². The van der Waals surface area contributed by atoms with Crippen molar-refractivity contribution >= 4 is 17.6 Å². The molecule has 0 radical (unpaired) electrons. The van der Waals surface area contributed by atoms with Crippen LogP contribution in [-0.4, -0.2) is 20.6 Å². The lowest BCUT2D eigenvalue weighted by Crippen LogP contribution is -2.28. The molecule has 2 rings (SSSR count). The van der Waals surface area contributed by atoms with E-state index < -0.39 is 5.97 Å². The fraction of sp³-hybridized carbons (Fsp3) is 0.667. The number of fused-ring (bicyclic) bond motifs is 1. The molecule has 0 saturated carbocycles. The van der Waals surface area contributed by atoms with Crippen molar-refractivity contribution < 1.29 is 9.90 Å². The Labute approximate surface area is 106 Å². The van der Waals surface area contributed by atoms with Gasteiger partial charge >= 0.3 is 5.97 Å². The molecule has 5 heteroatoms. The van der Waals surface area contributed by atoms with Gasteiger partial charge in [0.2, 0.25) is 0 Å². The van der Waals surface area contributed by atoms with Crippen LogP contribution in [0.15, 0.2) is 0 Å². The minimum atomic E-state index is -0.745. The van der Waals surface area contributed by atoms with E-state index in [-0.39, 0.29) is 11.3 Å². The van der Waals surface area contributed by atoms with Gasteiger partial charge in [0.25, 0.3) is 0 Å². The molecule has 1 unspecified atom stereocenters. The van der Waals surface area contributed by atoms with Crippen molar-refractivity contribution in [3.63, 3.8) is 0 Å². The minimum absolute atomic E-state index is 0.0715. The number of carbonyl (C=O) groups is 1. The molecular weight excluding hydrogens is 240 g/mol. The van der Waals surface area contributed by atoms with Crippen LogP contribution < -0.4 is 0 Å². The molecule has 1 aromatic rings. The highest BCUT2D eigenvalue weighted by Gasteiger charge is 2.32. The van der Waals surface area contributed by atoms with Crippen LogP contribution in [0.2, 0.25) is 5.15 Å². The number of rotatable bonds is 1. The molecule has 0 aliphatic carbocycles. The van der Waals surface area contributed by atoms with Crippen LogP contribution in [0.3, 0.4) is 0 Å². The van der Waals surface area contributed by atoms with E-state index in [4.69, 9.17) is 16.7 Å². The first kappa shape index (κ1) is 12.4. The summed E-state index contributed by atoms with van der Waals surface area (Å²) in [5, 5.41) is 9.51. The van der Waals surface area contributed by atoms with Gasteiger partial charge in [-0.15, -0.1) is 0 Å². The van der Waals surface area contributed by atoms with Crippen LogP contribution >= 0.6 is 11.6 Å². The number of aliphatic carboxylic acids is 1. The van der Waals surface area contributed by atoms with E-state index >= 15 is 0 Å². The SMILES string of the molecule is CC(C)(C)c1nc(Cl)c2n1CCC(C(=O)O)C2. The summed E-state index contributed by atoms with van der Waals surface area (Å²) in [6.07, 6.45) is 1.13. The van der Waals surface area contributed by atoms with Crippen molar-refractivity contribution in [3.8, 4) is 0 Å². The number of aromatic nitrogens is 2. The second-order valence-corrected chi connectivity index (χ2v) is 5.96. The lowest BCUT2D eigenvalue weighted by molar-refractivity contribution is -0.142. The van der Waals surface area contributed by atoms with Crippen LogP contribution in [-0.2, 0) is 23.2 Å². The maximum atomic E-state index is 11.0. The number of hydrogen-bond donors (Lipinski definition) is 1. The lowest BCUT2D eigenvalue weighted by atomic mass is 9.93. The molecule has 0 spiro atoms. The Kier molecular flexibility index (Phi) is 2.94. The molecule has 1 atom stereocenters. The van der Waals surface area contributed by atoms with Crippen LogP contribution in [0.25, 0.3) is 0 Å². The average Bonchev–Trinajstić information content (AvgIpc) is 2.55. The number of halogens is 1. The van der Waals surface area contributed by atoms with Gasteiger partial charge in [-0.05, 0) is 6.42 Å². The molecule has 17 heavy (non-hydrogen) atoms. The molecule has 0 aromatic carbocycles. The number of carboxylic acid groups (broad SMARTS) is 1. The molecule has 2 heterocycles. The first-order chi connectivity index (χ1) is 7.80. The molecule has 0 amide bonds. The predicted octanol–water partition coefficient (Wildman–Crippen LogP) is 2.48. The molecule has 1 aliphatic heterocycles. The van der Waals surface area contributed by atoms with Gasteiger partial charge in [0.15, 0.2) is 5.15 Å². The Morgan fingerprint density at radius 3 is 2.71 bits per heavy atom. The summed E-state index contributed by atoms with van der Waals surface area (Å²) in [5.74, 6) is -0.128. The fourth-order valence-electron chi connectivity index (χ4n) is 2.30. The number of hydrogen-bond acceptors (Lipinski definition) is 2. The van der Waals surface area contributed by atoms with Crippen LogP contribution in [0, 0.1) is 5.92 Å². The third kappa shape index (κ3) is 2.18. The predicted molar refractivity (Wildman–Crippen MR) is 65.4 cm³/mol. The molecule has 0 bridgehead atoms. The van der Waals surface area contributed by atoms with E-state index in [1.165, 1.54) is 0 Å². The Balaban J connectivity index is 2.41. The highest BCUT2D eigenvalue weighted by atomic mass is 35.5. The first-order valence-corrected chi connectivity index (χ1v) is 6.16. The normalized spacial score (nSPS) is 20.1. The minimum Gasteiger partial charge on any atom is -0.481 e. The maximum absolute atomic E-state index is 11.0. The Bertz CT molecular complexity index is 460. The summed E-state index contributed by atoms with van der Waals surface area (Å²) in [7, 11) is 0. The summed E-state index contributed by atoms with van der Waals surface area (Å²) in [5.41, 5.74) is 0.799. The van der Waals surface area contributed by atoms with Crippen LogP contribution in [0.1, 0.15) is 38.7 Å². The largest absolute Gasteiger partial charge is 0.481 e. The molecule has 1 N–H and O–H groups in total. The number of nitrogens with zero attached hydrogens (tertiary/aromatic N) is 2. The Morgan fingerprint density at radius 2 is 2.18 bits per heavy atom. The number of carboxylic acids is 1. The van der Waals surface area contributed by atoms with Gasteiger partial charge in [0.05, 0.1) is 11.6 Å². The quantitative estimate of drug-likeness (QED) is 0.840. The molecule has 1 aliphatic rings. The van der Waals surface area contributed by atoms with Crippen molar-refractivity contribution in [2.75, 3.05) is 0 Å². The van der Waals surface area contributed by atoms with Crippen molar-refractivity contribution in [1.29, 1.82) is 0 Å². The first-order valence-electron chi connectivity index (χ1n) is 5.79. The van der Waals surface area contributed by atoms with Gasteiger partial charge in [-0.3, -0.25) is 4.79 Å². The third-order valence-corrected chi connectivity index (χ3v) is 3.49. The molecular formula is C12H17ClN2O2. The summed E-state index contributed by atoms with van der Waals surface area (Å²) in [6, 6.07) is 0. The van der Waals surface area contributed by atoms with E-state index in [2.05, 4.69) is 30.3 Å². The smallest absolute Gasteiger partial charge is 0.306 e. The molecule has 1 aromatic heterocycles. The van der Waals surface area contributed by atoms with Gasteiger partial charge in [0, 0.05) is 18.4 Å². The Hall–Kier alpha value is -1.03. The summed E-state index contributed by atoms with van der Waals surface area (Å²) < 4.78 is 2.09. The zero-order valence-electron chi connectivity index (χ0n) is 10.3. The molecule has 94 valence electrons. The fourth-order valence-corrected chi connectivity index (χ4v) is 2.56. The summed E-state index contributed by atoms with van der Waals surface area (Å²) in [4.78, 5) is 15.4. The second-order valence-electron chi connectivity index (χ2n) is 5.60. The van der Waals surface area contributed by atoms with E-state index in [9.17, 15) is 4.79 Å². The summed E-state index contributed by atoms with van der Waals surface area (Å²) >= 11 is 6.11. The van der Waals surface area contributed by atoms with E-state index in [1.54, 1.807) is 0 Å². The summed E-state index contributed by atoms with van der Waals surface area (Å²) in [6.45, 7) is 6.95. The van der Waals surface area contributed by atoms with Crippen molar-refractivity contribution in [2.45, 2.75) is 45.6 Å². The molecule has 4 nitrogen and oxygen atoms in total. The second kappa shape index (κ2) is 4.02. The maximum Gasteiger partial charge on any atom is 0.306 e. The molecule has 0 fully saturated rings. The zero-order chi connectivity index (χ0) is 12.8. The van der Waals surface area contributed by atoms with Crippen molar-refractivity contribution in [3.05, 3.63) is 16.7 Å². The highest BCUT2D eigenvalue weighted by Crippen LogP contribution is 2.32. The third-order valence-electron chi connectivity index (χ3n) is 3.18. The van der Waals surface area contributed by atoms with Crippen molar-refractivity contribution in [1.82, 2.24) is 9.55 Å². The number of imidazole rings is 1. The van der Waals surface area contributed by atoms with Gasteiger partial charge in [0.1, 0.15) is 5.82 Å². The topological polar surface area (TPSA) is 55.1 Å². The average molecular weight is 257 g/mol. The van der Waals surface area contributed by atoms with Crippen molar-refractivity contribution in [2.24, 2.45) is 5.92 Å². The van der Waals surface area contributed by atoms with E-state index in [0.717, 1.165) is 11.5 Å².